The highest BCUT2D eigenvalue weighted by Crippen LogP contribution is 2.34. The highest BCUT2D eigenvalue weighted by Gasteiger charge is 2.32. The molecule has 1 amide bonds. The highest BCUT2D eigenvalue weighted by atomic mass is 35.5. The second-order valence-electron chi connectivity index (χ2n) is 10.7. The van der Waals surface area contributed by atoms with Gasteiger partial charge in [-0.1, -0.05) is 23.2 Å². The molecule has 0 radical (unpaired) electrons. The number of aromatic nitrogens is 2. The van der Waals surface area contributed by atoms with Crippen LogP contribution in [0.3, 0.4) is 0 Å². The molecule has 1 atom stereocenters. The van der Waals surface area contributed by atoms with Crippen LogP contribution < -0.4 is 20.1 Å². The van der Waals surface area contributed by atoms with Crippen molar-refractivity contribution < 1.29 is 23.4 Å². The molecule has 0 bridgehead atoms. The molecule has 9 nitrogen and oxygen atoms in total. The van der Waals surface area contributed by atoms with E-state index >= 15 is 0 Å². The monoisotopic (exact) mass is 605 g/mol. The summed E-state index contributed by atoms with van der Waals surface area (Å²) in [6, 6.07) is 8.05. The smallest absolute Gasteiger partial charge is 0.410 e. The highest BCUT2D eigenvalue weighted by molar-refractivity contribution is 6.36. The van der Waals surface area contributed by atoms with Gasteiger partial charge in [0.15, 0.2) is 23.1 Å². The second kappa shape index (κ2) is 12.6. The molecule has 220 valence electrons. The lowest BCUT2D eigenvalue weighted by Crippen LogP contribution is -2.54. The van der Waals surface area contributed by atoms with Crippen LogP contribution in [0.1, 0.15) is 33.3 Å². The second-order valence-corrected chi connectivity index (χ2v) is 11.5. The summed E-state index contributed by atoms with van der Waals surface area (Å²) in [4.78, 5) is 25.6. The molecule has 4 rings (SSSR count). The van der Waals surface area contributed by atoms with E-state index in [0.717, 1.165) is 0 Å². The van der Waals surface area contributed by atoms with Gasteiger partial charge in [-0.25, -0.2) is 19.2 Å². The van der Waals surface area contributed by atoms with Crippen LogP contribution in [0.15, 0.2) is 36.5 Å². The molecular formula is C29H34Cl2FN5O4. The third-order valence-electron chi connectivity index (χ3n) is 6.54. The van der Waals surface area contributed by atoms with Crippen molar-refractivity contribution in [1.29, 1.82) is 0 Å². The van der Waals surface area contributed by atoms with Crippen molar-refractivity contribution in [3.05, 3.63) is 58.0 Å². The Morgan fingerprint density at radius 2 is 1.93 bits per heavy atom. The van der Waals surface area contributed by atoms with Crippen LogP contribution in [0.2, 0.25) is 10.0 Å². The van der Waals surface area contributed by atoms with Gasteiger partial charge in [0.2, 0.25) is 0 Å². The molecule has 0 aliphatic carbocycles. The number of carbonyl (C=O) groups excluding carboxylic acids is 1. The Morgan fingerprint density at radius 1 is 1.17 bits per heavy atom. The molecule has 1 aliphatic rings. The Hall–Kier alpha value is -3.50. The van der Waals surface area contributed by atoms with Crippen LogP contribution >= 0.6 is 23.2 Å². The molecule has 12 heteroatoms. The first-order chi connectivity index (χ1) is 19.4. The molecule has 3 heterocycles. The molecule has 0 saturated carbocycles. The summed E-state index contributed by atoms with van der Waals surface area (Å²) in [5.74, 6) is 1.26. The minimum atomic E-state index is -0.564. The van der Waals surface area contributed by atoms with E-state index in [0.29, 0.717) is 58.8 Å². The van der Waals surface area contributed by atoms with Crippen LogP contribution in [0.5, 0.6) is 11.5 Å². The van der Waals surface area contributed by atoms with Gasteiger partial charge < -0.3 is 29.7 Å². The van der Waals surface area contributed by atoms with E-state index in [2.05, 4.69) is 9.88 Å². The zero-order valence-corrected chi connectivity index (χ0v) is 25.2. The zero-order chi connectivity index (χ0) is 29.9. The van der Waals surface area contributed by atoms with E-state index in [-0.39, 0.29) is 36.0 Å². The first-order valence-corrected chi connectivity index (χ1v) is 13.9. The summed E-state index contributed by atoms with van der Waals surface area (Å²) in [5.41, 5.74) is 7.29. The van der Waals surface area contributed by atoms with Gasteiger partial charge >= 0.3 is 6.09 Å². The van der Waals surface area contributed by atoms with Gasteiger partial charge in [0, 0.05) is 48.9 Å². The number of amides is 1. The Balaban J connectivity index is 1.52. The van der Waals surface area contributed by atoms with Gasteiger partial charge in [0.05, 0.1) is 24.4 Å². The van der Waals surface area contributed by atoms with Gasteiger partial charge in [-0.3, -0.25) is 0 Å². The average Bonchev–Trinajstić information content (AvgIpc) is 2.92. The van der Waals surface area contributed by atoms with E-state index < -0.39 is 11.4 Å². The average molecular weight is 607 g/mol. The molecule has 1 aliphatic heterocycles. The van der Waals surface area contributed by atoms with Crippen LogP contribution in [-0.4, -0.2) is 66.0 Å². The van der Waals surface area contributed by atoms with Crippen LogP contribution in [0.4, 0.5) is 20.8 Å². The minimum Gasteiger partial charge on any atom is -0.493 e. The third kappa shape index (κ3) is 7.23. The number of benzene rings is 1. The number of rotatable bonds is 7. The van der Waals surface area contributed by atoms with Crippen molar-refractivity contribution in [1.82, 2.24) is 14.9 Å². The summed E-state index contributed by atoms with van der Waals surface area (Å²) < 4.78 is 30.9. The normalized spacial score (nSPS) is 15.6. The van der Waals surface area contributed by atoms with Crippen molar-refractivity contribution in [3.8, 4) is 22.8 Å². The van der Waals surface area contributed by atoms with E-state index in [1.807, 2.05) is 39.8 Å². The van der Waals surface area contributed by atoms with Gasteiger partial charge in [0.25, 0.3) is 0 Å². The number of anilines is 2. The fourth-order valence-electron chi connectivity index (χ4n) is 4.50. The maximum Gasteiger partial charge on any atom is 0.410 e. The van der Waals surface area contributed by atoms with Crippen molar-refractivity contribution in [2.75, 3.05) is 44.0 Å². The number of hydrogen-bond donors (Lipinski definition) is 1. The fraction of sp³-hybridized carbons (Fsp3) is 0.414. The topological polar surface area (TPSA) is 103 Å². The fourth-order valence-corrected chi connectivity index (χ4v) is 5.06. The number of hydrogen-bond acceptors (Lipinski definition) is 8. The molecule has 41 heavy (non-hydrogen) atoms. The number of piperazine rings is 1. The van der Waals surface area contributed by atoms with Crippen molar-refractivity contribution >= 4 is 40.9 Å². The molecule has 1 unspecified atom stereocenters. The maximum absolute atomic E-state index is 13.9. The van der Waals surface area contributed by atoms with Crippen molar-refractivity contribution in [2.45, 2.75) is 45.8 Å². The molecule has 3 aromatic rings. The van der Waals surface area contributed by atoms with Crippen LogP contribution in [-0.2, 0) is 11.2 Å². The summed E-state index contributed by atoms with van der Waals surface area (Å²) in [6.45, 7) is 9.23. The molecule has 1 saturated heterocycles. The first kappa shape index (κ1) is 30.5. The number of methoxy groups -OCH3 is 1. The van der Waals surface area contributed by atoms with Crippen LogP contribution in [0, 0.1) is 5.82 Å². The molecule has 1 aromatic carbocycles. The lowest BCUT2D eigenvalue weighted by atomic mass is 10.1. The predicted molar refractivity (Wildman–Crippen MR) is 159 cm³/mol. The largest absolute Gasteiger partial charge is 0.493 e. The number of nitrogens with zero attached hydrogens (tertiary/aromatic N) is 4. The molecular weight excluding hydrogens is 572 g/mol. The molecule has 0 spiro atoms. The Bertz CT molecular complexity index is 1420. The Kier molecular flexibility index (Phi) is 9.34. The number of halogens is 3. The Labute approximate surface area is 249 Å². The predicted octanol–water partition coefficient (Wildman–Crippen LogP) is 6.25. The SMILES string of the molecule is COc1ccc(-c2cnc(N)c(OCCc3c(Cl)ccc(F)c3Cl)c2)nc1N1CCN(C(=O)OC(C)(C)C)CC1C. The standard InChI is InChI=1S/C29H34Cl2FN5O4/c1-17-16-36(28(38)41-29(2,3)4)11-12-37(17)27-23(39-5)9-8-22(35-27)18-14-24(26(33)34-15-18)40-13-10-19-20(30)6-7-21(32)25(19)31/h6-9,14-15,17H,10-13,16H2,1-5H3,(H2,33,34). The summed E-state index contributed by atoms with van der Waals surface area (Å²) in [5, 5.41) is 0.327. The lowest BCUT2D eigenvalue weighted by molar-refractivity contribution is 0.0218. The lowest BCUT2D eigenvalue weighted by Gasteiger charge is -2.41. The van der Waals surface area contributed by atoms with Crippen molar-refractivity contribution in [3.63, 3.8) is 0 Å². The molecule has 1 fully saturated rings. The minimum absolute atomic E-state index is 0.0305. The summed E-state index contributed by atoms with van der Waals surface area (Å²) in [6.07, 6.45) is 1.56. The number of ether oxygens (including phenoxy) is 3. The first-order valence-electron chi connectivity index (χ1n) is 13.2. The molecule has 2 aromatic heterocycles. The van der Waals surface area contributed by atoms with E-state index in [1.165, 1.54) is 12.1 Å². The number of pyridine rings is 2. The zero-order valence-electron chi connectivity index (χ0n) is 23.7. The summed E-state index contributed by atoms with van der Waals surface area (Å²) >= 11 is 12.3. The molecule has 2 N–H and O–H groups in total. The van der Waals surface area contributed by atoms with Gasteiger partial charge in [-0.15, -0.1) is 0 Å². The Morgan fingerprint density at radius 3 is 2.61 bits per heavy atom. The summed E-state index contributed by atoms with van der Waals surface area (Å²) in [7, 11) is 1.59. The van der Waals surface area contributed by atoms with Crippen molar-refractivity contribution in [2.24, 2.45) is 0 Å². The van der Waals surface area contributed by atoms with E-state index in [9.17, 15) is 9.18 Å². The van der Waals surface area contributed by atoms with E-state index in [1.54, 1.807) is 24.3 Å². The quantitative estimate of drug-likeness (QED) is 0.315. The number of nitrogens with two attached hydrogens (primary N) is 1. The third-order valence-corrected chi connectivity index (χ3v) is 7.30. The van der Waals surface area contributed by atoms with Gasteiger partial charge in [-0.2, -0.15) is 0 Å². The number of carbonyl (C=O) groups is 1. The van der Waals surface area contributed by atoms with E-state index in [4.69, 9.17) is 48.1 Å². The van der Waals surface area contributed by atoms with Gasteiger partial charge in [0.1, 0.15) is 11.4 Å². The van der Waals surface area contributed by atoms with Crippen LogP contribution in [0.25, 0.3) is 11.3 Å². The number of nitrogen functional groups attached to an aromatic ring is 1. The van der Waals surface area contributed by atoms with Gasteiger partial charge in [-0.05, 0) is 63.6 Å². The maximum atomic E-state index is 13.9.